The van der Waals surface area contributed by atoms with E-state index in [-0.39, 0.29) is 82.1 Å². The molecule has 0 bridgehead atoms. The Morgan fingerprint density at radius 1 is 0.703 bits per heavy atom. The molecule has 7 rings (SSSR count). The molecule has 2 aliphatic carbocycles. The molecule has 11 amide bonds. The molecule has 10 atom stereocenters. The minimum Gasteiger partial charge on any atom is -0.347 e. The summed E-state index contributed by atoms with van der Waals surface area (Å²) < 4.78 is 71.5. The predicted molar refractivity (Wildman–Crippen MR) is 367 cm³/mol. The SMILES string of the molecule is CC[C@H](C)[C@@H]1NC[C@H](CC(C)C)N(C)C(=O)C[C@@H](C(=O)N(C)C)N(C)C(=O)[C@H](C2CCCC2)N(C)C(=O)C2(CCCC2)NC(=O)[C@@H]2CCCN2C(=O)[C@H](CCc2cc(F)c(C(F)(F)F)c(F)c2)NC(=O)CN(C)C(=O)[C@H](Cc2ccc(C)cc2)N(CC)C(=O)[C@@H]2CCN2C(=O)[C@H](C)N(C)C1=O. The molecule has 0 unspecified atom stereocenters. The number of likely N-dealkylation sites (N-methyl/N-ethyl adjacent to an activating group) is 7. The molecule has 0 radical (unpaired) electrons. The summed E-state index contributed by atoms with van der Waals surface area (Å²) in [5.74, 6) is -11.5. The molecule has 560 valence electrons. The minimum atomic E-state index is -5.39. The van der Waals surface area contributed by atoms with Gasteiger partial charge in [-0.25, -0.2) is 8.78 Å². The standard InChI is InChI=1S/C73H107F5N12O11/c1-15-45(6)61-69(99)84(11)46(7)64(94)90-35-31-55(90)68(98)88(16-2)57(39-47-27-25-44(5)26-28-47)67(97)83(10)42-58(91)80-53(30-29-48-37-51(74)60(52(75)38-48)73(76,77)78)65(95)89-34-21-24-54(89)63(93)81-72(32-19-20-33-72)71(101)87(14)62(49-22-17-18-23-49)70(100)86(13)56(66(96)82(8)9)40-59(92)85(12)50(41-79-61)36-43(3)4/h25-28,37-38,43,45-46,49-50,53-57,61-62,79H,15-24,29-36,39-42H2,1-14H3,(H,80,91)(H,81,93)/t45-,46-,50-,53-,54-,55-,56-,57-,61-,62-/m0/s1. The molecule has 3 saturated heterocycles. The van der Waals surface area contributed by atoms with Gasteiger partial charge in [0.25, 0.3) is 0 Å². The maximum Gasteiger partial charge on any atom is 0.422 e. The molecule has 5 fully saturated rings. The summed E-state index contributed by atoms with van der Waals surface area (Å²) in [6.07, 6.45) is -1.53. The summed E-state index contributed by atoms with van der Waals surface area (Å²) in [5, 5.41) is 9.10. The number of carbonyl (C=O) groups is 11. The van der Waals surface area contributed by atoms with Crippen LogP contribution >= 0.6 is 0 Å². The van der Waals surface area contributed by atoms with E-state index in [1.54, 1.807) is 33.0 Å². The number of hydrogen-bond donors (Lipinski definition) is 3. The third-order valence-electron chi connectivity index (χ3n) is 21.8. The van der Waals surface area contributed by atoms with Crippen LogP contribution in [0.3, 0.4) is 0 Å². The Hall–Kier alpha value is -7.78. The Morgan fingerprint density at radius 3 is 1.87 bits per heavy atom. The van der Waals surface area contributed by atoms with Crippen LogP contribution in [0.5, 0.6) is 0 Å². The zero-order valence-corrected chi connectivity index (χ0v) is 61.4. The Kier molecular flexibility index (Phi) is 27.5. The van der Waals surface area contributed by atoms with Crippen LogP contribution in [0.15, 0.2) is 36.4 Å². The normalized spacial score (nSPS) is 26.6. The average molecular weight is 1420 g/mol. The van der Waals surface area contributed by atoms with Gasteiger partial charge in [-0.3, -0.25) is 52.7 Å². The monoisotopic (exact) mass is 1420 g/mol. The summed E-state index contributed by atoms with van der Waals surface area (Å²) in [6, 6.07) is -2.14. The number of amides is 11. The Balaban J connectivity index is 1.30. The average Bonchev–Trinajstić information content (AvgIpc) is 1.77. The Morgan fingerprint density at radius 2 is 1.32 bits per heavy atom. The van der Waals surface area contributed by atoms with Gasteiger partial charge in [-0.1, -0.05) is 89.6 Å². The van der Waals surface area contributed by atoms with E-state index in [0.717, 1.165) is 23.3 Å². The van der Waals surface area contributed by atoms with Gasteiger partial charge in [0.1, 0.15) is 65.0 Å². The van der Waals surface area contributed by atoms with Crippen molar-refractivity contribution in [3.8, 4) is 0 Å². The number of aryl methyl sites for hydroxylation is 2. The van der Waals surface area contributed by atoms with E-state index in [2.05, 4.69) is 16.0 Å². The number of nitrogens with zero attached hydrogens (tertiary/aromatic N) is 9. The predicted octanol–water partition coefficient (Wildman–Crippen LogP) is 5.71. The molecule has 2 aromatic carbocycles. The first-order chi connectivity index (χ1) is 47.5. The van der Waals surface area contributed by atoms with Crippen molar-refractivity contribution >= 4 is 65.0 Å². The highest BCUT2D eigenvalue weighted by atomic mass is 19.4. The number of hydrogen-bond acceptors (Lipinski definition) is 12. The fourth-order valence-corrected chi connectivity index (χ4v) is 15.3. The van der Waals surface area contributed by atoms with Crippen molar-refractivity contribution in [2.24, 2.45) is 17.8 Å². The summed E-state index contributed by atoms with van der Waals surface area (Å²) in [7, 11) is 10.4. The van der Waals surface area contributed by atoms with Gasteiger partial charge in [0, 0.05) is 88.0 Å². The highest BCUT2D eigenvalue weighted by Crippen LogP contribution is 2.38. The Labute approximate surface area is 591 Å². The van der Waals surface area contributed by atoms with Gasteiger partial charge in [-0.15, -0.1) is 0 Å². The van der Waals surface area contributed by atoms with Crippen LogP contribution in [-0.4, -0.2) is 251 Å². The molecule has 3 N–H and O–H groups in total. The summed E-state index contributed by atoms with van der Waals surface area (Å²) in [4.78, 5) is 177. The van der Waals surface area contributed by atoms with Crippen LogP contribution in [0.2, 0.25) is 0 Å². The molecule has 2 aromatic rings. The molecule has 28 heteroatoms. The molecule has 101 heavy (non-hydrogen) atoms. The molecule has 23 nitrogen and oxygen atoms in total. The molecule has 1 spiro atoms. The van der Waals surface area contributed by atoms with Crippen molar-refractivity contribution in [3.05, 3.63) is 70.3 Å². The van der Waals surface area contributed by atoms with E-state index >= 15 is 37.5 Å². The molecular weight excluding hydrogens is 1320 g/mol. The van der Waals surface area contributed by atoms with Gasteiger partial charge < -0.3 is 60.0 Å². The van der Waals surface area contributed by atoms with E-state index in [9.17, 15) is 37.1 Å². The zero-order valence-electron chi connectivity index (χ0n) is 61.4. The fourth-order valence-electron chi connectivity index (χ4n) is 15.3. The third-order valence-corrected chi connectivity index (χ3v) is 21.8. The first kappa shape index (κ1) is 80.5. The zero-order chi connectivity index (χ0) is 74.9. The van der Waals surface area contributed by atoms with E-state index in [1.165, 1.54) is 81.5 Å². The van der Waals surface area contributed by atoms with Crippen LogP contribution in [0.25, 0.3) is 0 Å². The molecule has 2 saturated carbocycles. The molecule has 3 aliphatic heterocycles. The lowest BCUT2D eigenvalue weighted by Crippen LogP contribution is -2.65. The van der Waals surface area contributed by atoms with Crippen LogP contribution in [0.4, 0.5) is 22.0 Å². The van der Waals surface area contributed by atoms with Crippen LogP contribution in [-0.2, 0) is 71.8 Å². The van der Waals surface area contributed by atoms with Gasteiger partial charge in [-0.05, 0) is 126 Å². The number of benzene rings is 2. The second-order valence-corrected chi connectivity index (χ2v) is 29.4. The van der Waals surface area contributed by atoms with Crippen LogP contribution in [0.1, 0.15) is 160 Å². The number of nitrogens with one attached hydrogen (secondary N) is 3. The largest absolute Gasteiger partial charge is 0.422 e. The number of halogens is 5. The molecule has 0 aromatic heterocycles. The first-order valence-electron chi connectivity index (χ1n) is 35.9. The smallest absolute Gasteiger partial charge is 0.347 e. The van der Waals surface area contributed by atoms with E-state index in [1.807, 2.05) is 46.8 Å². The third kappa shape index (κ3) is 18.7. The summed E-state index contributed by atoms with van der Waals surface area (Å²) >= 11 is 0. The maximum absolute atomic E-state index is 15.6. The Bertz CT molecular complexity index is 3320. The lowest BCUT2D eigenvalue weighted by Gasteiger charge is -2.45. The summed E-state index contributed by atoms with van der Waals surface area (Å²) in [5.41, 5.74) is -2.48. The van der Waals surface area contributed by atoms with Gasteiger partial charge >= 0.3 is 6.18 Å². The van der Waals surface area contributed by atoms with Gasteiger partial charge in [0.2, 0.25) is 65.0 Å². The molecule has 5 aliphatic rings. The number of alkyl halides is 3. The number of rotatable bonds is 12. The minimum absolute atomic E-state index is 0.0308. The quantitative estimate of drug-likeness (QED) is 0.216. The van der Waals surface area contributed by atoms with Crippen molar-refractivity contribution in [2.75, 3.05) is 82.1 Å². The highest BCUT2D eigenvalue weighted by molar-refractivity contribution is 6.00. The molecular formula is C73H107F5N12O11. The van der Waals surface area contributed by atoms with Gasteiger partial charge in [0.15, 0.2) is 0 Å². The lowest BCUT2D eigenvalue weighted by molar-refractivity contribution is -0.160. The topological polar surface area (TPSA) is 253 Å². The van der Waals surface area contributed by atoms with E-state index in [0.29, 0.717) is 56.2 Å². The highest BCUT2D eigenvalue weighted by Gasteiger charge is 2.52. The van der Waals surface area contributed by atoms with Crippen molar-refractivity contribution in [2.45, 2.75) is 224 Å². The van der Waals surface area contributed by atoms with E-state index < -0.39 is 180 Å². The van der Waals surface area contributed by atoms with Crippen molar-refractivity contribution in [3.63, 3.8) is 0 Å². The fraction of sp³-hybridized carbons (Fsp3) is 0.685. The summed E-state index contributed by atoms with van der Waals surface area (Å²) in [6.45, 7) is 12.3. The van der Waals surface area contributed by atoms with Crippen molar-refractivity contribution in [1.29, 1.82) is 0 Å². The van der Waals surface area contributed by atoms with Gasteiger partial charge in [-0.2, -0.15) is 13.2 Å². The van der Waals surface area contributed by atoms with E-state index in [4.69, 9.17) is 0 Å². The second-order valence-electron chi connectivity index (χ2n) is 29.4. The van der Waals surface area contributed by atoms with Crippen molar-refractivity contribution in [1.82, 2.24) is 60.0 Å². The van der Waals surface area contributed by atoms with Crippen molar-refractivity contribution < 1.29 is 74.7 Å². The van der Waals surface area contributed by atoms with Gasteiger partial charge in [0.05, 0.1) is 19.0 Å². The number of fused-ring (bicyclic) bond motifs is 2. The first-order valence-corrected chi connectivity index (χ1v) is 35.9. The maximum atomic E-state index is 15.6. The van der Waals surface area contributed by atoms with Crippen LogP contribution < -0.4 is 16.0 Å². The van der Waals surface area contributed by atoms with Crippen LogP contribution in [0, 0.1) is 36.3 Å². The lowest BCUT2D eigenvalue weighted by atomic mass is 9.90. The number of carbonyl (C=O) groups excluding carboxylic acids is 11. The second kappa shape index (κ2) is 34.5. The molecule has 3 heterocycles.